The van der Waals surface area contributed by atoms with Gasteiger partial charge in [0.05, 0.1) is 6.10 Å². The van der Waals surface area contributed by atoms with Crippen molar-refractivity contribution in [2.75, 3.05) is 0 Å². The molecule has 0 amide bonds. The summed E-state index contributed by atoms with van der Waals surface area (Å²) < 4.78 is 1.99. The average Bonchev–Trinajstić information content (AvgIpc) is 2.84. The molecule has 0 aromatic carbocycles. The Bertz CT molecular complexity index is 572. The first-order valence-electron chi connectivity index (χ1n) is 6.90. The van der Waals surface area contributed by atoms with Gasteiger partial charge in [0.2, 0.25) is 0 Å². The summed E-state index contributed by atoms with van der Waals surface area (Å²) in [6.07, 6.45) is 7.53. The van der Waals surface area contributed by atoms with Gasteiger partial charge in [0.1, 0.15) is 0 Å². The molecular weight excluding hydrogens is 272 g/mol. The Hall–Kier alpha value is -1.40. The lowest BCUT2D eigenvalue weighted by Gasteiger charge is -2.26. The van der Waals surface area contributed by atoms with E-state index in [-0.39, 0.29) is 11.4 Å². The Kier molecular flexibility index (Phi) is 4.03. The van der Waals surface area contributed by atoms with Crippen molar-refractivity contribution < 1.29 is 5.11 Å². The number of thioether (sulfide) groups is 1. The largest absolute Gasteiger partial charge is 0.392 e. The summed E-state index contributed by atoms with van der Waals surface area (Å²) in [5.41, 5.74) is 1.01. The molecule has 1 fully saturated rings. The van der Waals surface area contributed by atoms with Crippen LogP contribution in [0.5, 0.6) is 0 Å². The van der Waals surface area contributed by atoms with E-state index in [1.165, 1.54) is 6.42 Å². The lowest BCUT2D eigenvalue weighted by Crippen LogP contribution is -2.27. The van der Waals surface area contributed by atoms with Crippen molar-refractivity contribution in [1.29, 1.82) is 0 Å². The summed E-state index contributed by atoms with van der Waals surface area (Å²) in [5, 5.41) is 19.7. The van der Waals surface area contributed by atoms with Crippen LogP contribution in [0.4, 0.5) is 0 Å². The number of aliphatic hydroxyl groups excluding tert-OH is 1. The van der Waals surface area contributed by atoms with E-state index in [9.17, 15) is 5.11 Å². The number of pyridine rings is 1. The van der Waals surface area contributed by atoms with Gasteiger partial charge < -0.3 is 9.67 Å². The quantitative estimate of drug-likeness (QED) is 0.939. The second kappa shape index (κ2) is 5.93. The third kappa shape index (κ3) is 2.71. The molecule has 0 spiro atoms. The van der Waals surface area contributed by atoms with Gasteiger partial charge in [-0.3, -0.25) is 4.98 Å². The lowest BCUT2D eigenvalue weighted by atomic mass is 9.97. The zero-order chi connectivity index (χ0) is 13.9. The van der Waals surface area contributed by atoms with Crippen LogP contribution >= 0.6 is 11.8 Å². The molecule has 1 N–H and O–H groups in total. The monoisotopic (exact) mass is 290 g/mol. The highest BCUT2D eigenvalue weighted by molar-refractivity contribution is 7.99. The first kappa shape index (κ1) is 13.6. The fourth-order valence-electron chi connectivity index (χ4n) is 2.52. The maximum Gasteiger partial charge on any atom is 0.191 e. The van der Waals surface area contributed by atoms with Crippen LogP contribution in [0.15, 0.2) is 29.7 Å². The van der Waals surface area contributed by atoms with Gasteiger partial charge in [0, 0.05) is 30.3 Å². The van der Waals surface area contributed by atoms with Gasteiger partial charge in [-0.25, -0.2) is 0 Å². The Balaban J connectivity index is 1.80. The average molecular weight is 290 g/mol. The summed E-state index contributed by atoms with van der Waals surface area (Å²) in [5.74, 6) is 0.834. The molecule has 6 heteroatoms. The van der Waals surface area contributed by atoms with Gasteiger partial charge in [-0.1, -0.05) is 24.6 Å². The highest BCUT2D eigenvalue weighted by atomic mass is 32.2. The van der Waals surface area contributed by atoms with Crippen LogP contribution in [0, 0.1) is 0 Å². The molecule has 2 atom stereocenters. The third-order valence-electron chi connectivity index (χ3n) is 3.70. The zero-order valence-corrected chi connectivity index (χ0v) is 12.3. The van der Waals surface area contributed by atoms with Crippen LogP contribution < -0.4 is 0 Å². The van der Waals surface area contributed by atoms with Crippen LogP contribution in [0.2, 0.25) is 0 Å². The van der Waals surface area contributed by atoms with Crippen molar-refractivity contribution in [3.05, 3.63) is 24.5 Å². The van der Waals surface area contributed by atoms with Crippen molar-refractivity contribution >= 4 is 11.8 Å². The molecule has 2 unspecified atom stereocenters. The minimum atomic E-state index is -0.227. The SMILES string of the molecule is Cn1c(SC2CCCCC2O)nnc1-c1ccncc1. The van der Waals surface area contributed by atoms with Crippen molar-refractivity contribution in [2.45, 2.75) is 42.2 Å². The van der Waals surface area contributed by atoms with E-state index < -0.39 is 0 Å². The first-order valence-corrected chi connectivity index (χ1v) is 7.78. The molecule has 1 saturated carbocycles. The summed E-state index contributed by atoms with van der Waals surface area (Å²) in [7, 11) is 1.97. The van der Waals surface area contributed by atoms with Crippen LogP contribution in [-0.4, -0.2) is 36.2 Å². The minimum Gasteiger partial charge on any atom is -0.392 e. The minimum absolute atomic E-state index is 0.227. The van der Waals surface area contributed by atoms with Gasteiger partial charge in [-0.15, -0.1) is 10.2 Å². The highest BCUT2D eigenvalue weighted by Gasteiger charge is 2.26. The summed E-state index contributed by atoms with van der Waals surface area (Å²) in [6, 6.07) is 3.85. The van der Waals surface area contributed by atoms with Gasteiger partial charge in [-0.2, -0.15) is 0 Å². The molecule has 3 rings (SSSR count). The summed E-state index contributed by atoms with van der Waals surface area (Å²) in [4.78, 5) is 4.02. The van der Waals surface area contributed by atoms with Gasteiger partial charge in [0.15, 0.2) is 11.0 Å². The molecule has 1 aliphatic rings. The van der Waals surface area contributed by atoms with E-state index >= 15 is 0 Å². The Labute approximate surface area is 122 Å². The second-order valence-corrected chi connectivity index (χ2v) is 6.32. The van der Waals surface area contributed by atoms with Crippen molar-refractivity contribution in [3.8, 4) is 11.4 Å². The summed E-state index contributed by atoms with van der Waals surface area (Å²) >= 11 is 1.64. The predicted octanol–water partition coefficient (Wildman–Crippen LogP) is 2.27. The molecule has 20 heavy (non-hydrogen) atoms. The zero-order valence-electron chi connectivity index (χ0n) is 11.4. The predicted molar refractivity (Wildman–Crippen MR) is 78.4 cm³/mol. The fourth-order valence-corrected chi connectivity index (χ4v) is 3.70. The van der Waals surface area contributed by atoms with Gasteiger partial charge >= 0.3 is 0 Å². The van der Waals surface area contributed by atoms with Crippen molar-refractivity contribution in [1.82, 2.24) is 19.7 Å². The second-order valence-electron chi connectivity index (χ2n) is 5.11. The number of rotatable bonds is 3. The van der Waals surface area contributed by atoms with E-state index in [2.05, 4.69) is 15.2 Å². The van der Waals surface area contributed by atoms with E-state index in [1.54, 1.807) is 24.2 Å². The molecular formula is C14H18N4OS. The number of nitrogens with zero attached hydrogens (tertiary/aromatic N) is 4. The van der Waals surface area contributed by atoms with E-state index in [0.717, 1.165) is 35.8 Å². The van der Waals surface area contributed by atoms with Crippen LogP contribution in [0.25, 0.3) is 11.4 Å². The third-order valence-corrected chi connectivity index (χ3v) is 5.12. The molecule has 0 bridgehead atoms. The molecule has 2 heterocycles. The topological polar surface area (TPSA) is 63.8 Å². The molecule has 2 aromatic heterocycles. The lowest BCUT2D eigenvalue weighted by molar-refractivity contribution is 0.137. The molecule has 5 nitrogen and oxygen atoms in total. The Morgan fingerprint density at radius 1 is 1.20 bits per heavy atom. The molecule has 1 aliphatic carbocycles. The number of aliphatic hydroxyl groups is 1. The van der Waals surface area contributed by atoms with E-state index in [1.807, 2.05) is 23.7 Å². The number of hydrogen-bond donors (Lipinski definition) is 1. The number of aromatic nitrogens is 4. The van der Waals surface area contributed by atoms with Crippen LogP contribution in [-0.2, 0) is 7.05 Å². The standard InChI is InChI=1S/C14H18N4OS/c1-18-13(10-6-8-15-9-7-10)16-17-14(18)20-12-5-3-2-4-11(12)19/h6-9,11-12,19H,2-5H2,1H3. The first-order chi connectivity index (χ1) is 9.75. The number of hydrogen-bond acceptors (Lipinski definition) is 5. The Morgan fingerprint density at radius 3 is 2.70 bits per heavy atom. The Morgan fingerprint density at radius 2 is 1.95 bits per heavy atom. The van der Waals surface area contributed by atoms with E-state index in [0.29, 0.717) is 0 Å². The van der Waals surface area contributed by atoms with Crippen molar-refractivity contribution in [2.24, 2.45) is 7.05 Å². The smallest absolute Gasteiger partial charge is 0.191 e. The fraction of sp³-hybridized carbons (Fsp3) is 0.500. The van der Waals surface area contributed by atoms with Crippen LogP contribution in [0.3, 0.4) is 0 Å². The molecule has 0 radical (unpaired) electrons. The van der Waals surface area contributed by atoms with Crippen molar-refractivity contribution in [3.63, 3.8) is 0 Å². The van der Waals surface area contributed by atoms with E-state index in [4.69, 9.17) is 0 Å². The normalized spacial score (nSPS) is 22.9. The molecule has 0 aliphatic heterocycles. The maximum absolute atomic E-state index is 10.1. The van der Waals surface area contributed by atoms with Gasteiger partial charge in [-0.05, 0) is 25.0 Å². The molecule has 2 aromatic rings. The van der Waals surface area contributed by atoms with Crippen LogP contribution in [0.1, 0.15) is 25.7 Å². The van der Waals surface area contributed by atoms with Gasteiger partial charge in [0.25, 0.3) is 0 Å². The highest BCUT2D eigenvalue weighted by Crippen LogP contribution is 2.33. The summed E-state index contributed by atoms with van der Waals surface area (Å²) in [6.45, 7) is 0. The maximum atomic E-state index is 10.1. The molecule has 0 saturated heterocycles. The molecule has 106 valence electrons.